The second kappa shape index (κ2) is 8.38. The van der Waals surface area contributed by atoms with Crippen molar-refractivity contribution < 1.29 is 22.7 Å². The van der Waals surface area contributed by atoms with E-state index in [2.05, 4.69) is 4.98 Å². The van der Waals surface area contributed by atoms with Crippen LogP contribution in [-0.2, 0) is 19.6 Å². The number of ether oxygens (including phenoxy) is 1. The normalized spacial score (nSPS) is 15.4. The van der Waals surface area contributed by atoms with Gasteiger partial charge in [-0.05, 0) is 26.0 Å². The summed E-state index contributed by atoms with van der Waals surface area (Å²) in [5.41, 5.74) is 0.583. The number of thiazole rings is 1. The molecule has 0 unspecified atom stereocenters. The lowest BCUT2D eigenvalue weighted by molar-refractivity contribution is -0.135. The van der Waals surface area contributed by atoms with E-state index in [9.17, 15) is 18.0 Å². The summed E-state index contributed by atoms with van der Waals surface area (Å²) in [7, 11) is -3.57. The van der Waals surface area contributed by atoms with Crippen LogP contribution in [0.25, 0.3) is 0 Å². The van der Waals surface area contributed by atoms with Crippen LogP contribution in [0, 0.1) is 13.8 Å². The summed E-state index contributed by atoms with van der Waals surface area (Å²) >= 11 is 1.23. The number of sulfonamides is 1. The quantitative estimate of drug-likeness (QED) is 0.676. The van der Waals surface area contributed by atoms with Crippen LogP contribution in [-0.4, -0.2) is 67.3 Å². The predicted molar refractivity (Wildman–Crippen MR) is 104 cm³/mol. The van der Waals surface area contributed by atoms with Gasteiger partial charge in [-0.1, -0.05) is 18.2 Å². The summed E-state index contributed by atoms with van der Waals surface area (Å²) in [5, 5.41) is 0.756. The number of hydrogen-bond acceptors (Lipinski definition) is 7. The Kier molecular flexibility index (Phi) is 6.11. The van der Waals surface area contributed by atoms with Crippen LogP contribution >= 0.6 is 11.3 Å². The molecular weight excluding hydrogens is 402 g/mol. The van der Waals surface area contributed by atoms with Gasteiger partial charge in [-0.3, -0.25) is 4.79 Å². The minimum Gasteiger partial charge on any atom is -0.451 e. The molecule has 8 nitrogen and oxygen atoms in total. The highest BCUT2D eigenvalue weighted by molar-refractivity contribution is 7.89. The van der Waals surface area contributed by atoms with E-state index >= 15 is 0 Å². The lowest BCUT2D eigenvalue weighted by Gasteiger charge is -2.33. The molecule has 28 heavy (non-hydrogen) atoms. The van der Waals surface area contributed by atoms with Crippen molar-refractivity contribution in [2.75, 3.05) is 32.8 Å². The first-order chi connectivity index (χ1) is 13.3. The molecule has 1 aromatic carbocycles. The first kappa shape index (κ1) is 20.4. The van der Waals surface area contributed by atoms with Crippen molar-refractivity contribution in [3.63, 3.8) is 0 Å². The lowest BCUT2D eigenvalue weighted by atomic mass is 10.3. The Morgan fingerprint density at radius 2 is 1.75 bits per heavy atom. The number of hydrogen-bond donors (Lipinski definition) is 0. The molecule has 0 atom stereocenters. The molecule has 150 valence electrons. The van der Waals surface area contributed by atoms with Crippen molar-refractivity contribution >= 4 is 33.2 Å². The molecule has 0 spiro atoms. The topological polar surface area (TPSA) is 96.9 Å². The second-order valence-electron chi connectivity index (χ2n) is 6.32. The Morgan fingerprint density at radius 1 is 1.11 bits per heavy atom. The zero-order valence-electron chi connectivity index (χ0n) is 15.6. The number of nitrogens with zero attached hydrogens (tertiary/aromatic N) is 3. The van der Waals surface area contributed by atoms with Gasteiger partial charge in [0, 0.05) is 26.2 Å². The number of carbonyl (C=O) groups is 2. The third-order valence-electron chi connectivity index (χ3n) is 4.39. The Morgan fingerprint density at radius 3 is 2.32 bits per heavy atom. The average Bonchev–Trinajstić information content (AvgIpc) is 3.04. The number of amides is 1. The maximum atomic E-state index is 12.6. The first-order valence-corrected chi connectivity index (χ1v) is 11.0. The molecule has 0 saturated carbocycles. The predicted octanol–water partition coefficient (Wildman–Crippen LogP) is 1.45. The summed E-state index contributed by atoms with van der Waals surface area (Å²) < 4.78 is 31.7. The highest BCUT2D eigenvalue weighted by atomic mass is 32.2. The average molecular weight is 424 g/mol. The molecule has 0 N–H and O–H groups in total. The molecule has 1 saturated heterocycles. The minimum absolute atomic E-state index is 0.198. The van der Waals surface area contributed by atoms with Gasteiger partial charge in [-0.15, -0.1) is 11.3 Å². The largest absolute Gasteiger partial charge is 0.451 e. The standard InChI is InChI=1S/C18H21N3O5S2/c1-13-17(27-14(2)19-13)18(23)26-12-16(22)20-8-10-21(11-9-20)28(24,25)15-6-4-3-5-7-15/h3-7H,8-12H2,1-2H3. The summed E-state index contributed by atoms with van der Waals surface area (Å²) in [6.45, 7) is 4.04. The SMILES string of the molecule is Cc1nc(C)c(C(=O)OCC(=O)N2CCN(S(=O)(=O)c3ccccc3)CC2)s1. The number of aryl methyl sites for hydroxylation is 2. The number of piperazine rings is 1. The van der Waals surface area contributed by atoms with Crippen LogP contribution in [0.2, 0.25) is 0 Å². The van der Waals surface area contributed by atoms with Crippen LogP contribution in [0.3, 0.4) is 0 Å². The van der Waals surface area contributed by atoms with Crippen LogP contribution < -0.4 is 0 Å². The highest BCUT2D eigenvalue weighted by Crippen LogP contribution is 2.19. The maximum Gasteiger partial charge on any atom is 0.350 e. The second-order valence-corrected chi connectivity index (χ2v) is 9.46. The number of carbonyl (C=O) groups excluding carboxylic acids is 2. The summed E-state index contributed by atoms with van der Waals surface area (Å²) in [5.74, 6) is -0.911. The third-order valence-corrected chi connectivity index (χ3v) is 7.35. The van der Waals surface area contributed by atoms with Gasteiger partial charge in [0.25, 0.3) is 5.91 Å². The Hall–Kier alpha value is -2.30. The fourth-order valence-corrected chi connectivity index (χ4v) is 5.18. The number of esters is 1. The fourth-order valence-electron chi connectivity index (χ4n) is 2.92. The Balaban J connectivity index is 1.53. The molecule has 2 heterocycles. The fraction of sp³-hybridized carbons (Fsp3) is 0.389. The van der Waals surface area contributed by atoms with Crippen LogP contribution in [0.4, 0.5) is 0 Å². The monoisotopic (exact) mass is 423 g/mol. The Labute approximate surface area is 167 Å². The molecule has 1 aliphatic heterocycles. The third kappa shape index (κ3) is 4.40. The van der Waals surface area contributed by atoms with Gasteiger partial charge in [0.05, 0.1) is 15.6 Å². The van der Waals surface area contributed by atoms with Crippen molar-refractivity contribution in [2.45, 2.75) is 18.7 Å². The van der Waals surface area contributed by atoms with E-state index in [-0.39, 0.29) is 43.6 Å². The minimum atomic E-state index is -3.57. The highest BCUT2D eigenvalue weighted by Gasteiger charge is 2.30. The summed E-state index contributed by atoms with van der Waals surface area (Å²) in [6, 6.07) is 8.21. The molecule has 1 fully saturated rings. The van der Waals surface area contributed by atoms with E-state index in [1.54, 1.807) is 44.2 Å². The molecule has 1 amide bonds. The van der Waals surface area contributed by atoms with Gasteiger partial charge in [0.2, 0.25) is 10.0 Å². The smallest absolute Gasteiger partial charge is 0.350 e. The van der Waals surface area contributed by atoms with Crippen LogP contribution in [0.5, 0.6) is 0 Å². The van der Waals surface area contributed by atoms with Crippen LogP contribution in [0.15, 0.2) is 35.2 Å². The van der Waals surface area contributed by atoms with E-state index in [4.69, 9.17) is 4.74 Å². The number of rotatable bonds is 5. The molecule has 3 rings (SSSR count). The van der Waals surface area contributed by atoms with Gasteiger partial charge < -0.3 is 9.64 Å². The molecule has 0 aliphatic carbocycles. The summed E-state index contributed by atoms with van der Waals surface area (Å²) in [4.78, 5) is 30.7. The molecule has 0 radical (unpaired) electrons. The van der Waals surface area contributed by atoms with E-state index in [1.165, 1.54) is 20.5 Å². The Bertz CT molecular complexity index is 964. The van der Waals surface area contributed by atoms with E-state index in [1.807, 2.05) is 0 Å². The van der Waals surface area contributed by atoms with E-state index < -0.39 is 16.0 Å². The molecular formula is C18H21N3O5S2. The van der Waals surface area contributed by atoms with Crippen LogP contribution in [0.1, 0.15) is 20.4 Å². The number of aromatic nitrogens is 1. The lowest BCUT2D eigenvalue weighted by Crippen LogP contribution is -2.51. The van der Waals surface area contributed by atoms with Crippen molar-refractivity contribution in [1.82, 2.24) is 14.2 Å². The molecule has 10 heteroatoms. The molecule has 2 aromatic rings. The zero-order valence-corrected chi connectivity index (χ0v) is 17.3. The van der Waals surface area contributed by atoms with Gasteiger partial charge >= 0.3 is 5.97 Å². The first-order valence-electron chi connectivity index (χ1n) is 8.73. The maximum absolute atomic E-state index is 12.6. The molecule has 1 aliphatic rings. The van der Waals surface area contributed by atoms with Gasteiger partial charge in [0.15, 0.2) is 6.61 Å². The van der Waals surface area contributed by atoms with E-state index in [0.29, 0.717) is 10.6 Å². The van der Waals surface area contributed by atoms with Gasteiger partial charge in [0.1, 0.15) is 4.88 Å². The molecule has 1 aromatic heterocycles. The van der Waals surface area contributed by atoms with Crippen molar-refractivity contribution in [2.24, 2.45) is 0 Å². The van der Waals surface area contributed by atoms with Crippen molar-refractivity contribution in [3.05, 3.63) is 45.9 Å². The van der Waals surface area contributed by atoms with Gasteiger partial charge in [-0.2, -0.15) is 4.31 Å². The van der Waals surface area contributed by atoms with E-state index in [0.717, 1.165) is 5.01 Å². The summed E-state index contributed by atoms with van der Waals surface area (Å²) in [6.07, 6.45) is 0. The molecule has 0 bridgehead atoms. The van der Waals surface area contributed by atoms with Crippen molar-refractivity contribution in [3.8, 4) is 0 Å². The van der Waals surface area contributed by atoms with Gasteiger partial charge in [-0.25, -0.2) is 18.2 Å². The van der Waals surface area contributed by atoms with Crippen molar-refractivity contribution in [1.29, 1.82) is 0 Å². The zero-order chi connectivity index (χ0) is 20.3. The number of benzene rings is 1.